The van der Waals surface area contributed by atoms with Crippen LogP contribution in [0.2, 0.25) is 0 Å². The van der Waals surface area contributed by atoms with Crippen LogP contribution in [0.25, 0.3) is 0 Å². The van der Waals surface area contributed by atoms with Gasteiger partial charge in [-0.05, 0) is 24.3 Å². The number of ether oxygens (including phenoxy) is 6. The van der Waals surface area contributed by atoms with E-state index in [1.54, 1.807) is 18.2 Å². The lowest BCUT2D eigenvalue weighted by atomic mass is 10.3. The van der Waals surface area contributed by atoms with Crippen molar-refractivity contribution in [3.8, 4) is 23.0 Å². The van der Waals surface area contributed by atoms with Gasteiger partial charge in [-0.15, -0.1) is 0 Å². The Hall–Kier alpha value is -2.64. The molecule has 2 N–H and O–H groups in total. The van der Waals surface area contributed by atoms with Crippen LogP contribution >= 0.6 is 0 Å². The molecule has 27 heavy (non-hydrogen) atoms. The summed E-state index contributed by atoms with van der Waals surface area (Å²) in [4.78, 5) is 0. The van der Waals surface area contributed by atoms with Gasteiger partial charge in [0.25, 0.3) is 0 Å². The van der Waals surface area contributed by atoms with Gasteiger partial charge in [-0.1, -0.05) is 12.1 Å². The lowest BCUT2D eigenvalue weighted by Gasteiger charge is -2.16. The third kappa shape index (κ3) is 6.23. The van der Waals surface area contributed by atoms with E-state index >= 15 is 0 Å². The number of hydrogen-bond donors (Lipinski definition) is 1. The van der Waals surface area contributed by atoms with Gasteiger partial charge in [-0.25, -0.2) is 0 Å². The van der Waals surface area contributed by atoms with Gasteiger partial charge in [0.2, 0.25) is 0 Å². The molecule has 0 saturated heterocycles. The maximum absolute atomic E-state index is 5.84. The van der Waals surface area contributed by atoms with Crippen LogP contribution in [0.1, 0.15) is 0 Å². The lowest BCUT2D eigenvalue weighted by Crippen LogP contribution is -2.15. The van der Waals surface area contributed by atoms with Gasteiger partial charge in [0.15, 0.2) is 23.0 Å². The van der Waals surface area contributed by atoms with Crippen LogP contribution in [0, 0.1) is 0 Å². The molecule has 1 heterocycles. The Morgan fingerprint density at radius 2 is 0.963 bits per heavy atom. The number of anilines is 1. The number of para-hydroxylation sites is 2. The first-order chi connectivity index (χ1) is 13.3. The second kappa shape index (κ2) is 10.5. The molecule has 1 aliphatic rings. The summed E-state index contributed by atoms with van der Waals surface area (Å²) in [6.07, 6.45) is 0. The van der Waals surface area contributed by atoms with Crippen LogP contribution in [-0.2, 0) is 9.47 Å². The minimum absolute atomic E-state index is 0.355. The fraction of sp³-hybridized carbons (Fsp3) is 0.400. The molecule has 0 fully saturated rings. The van der Waals surface area contributed by atoms with Gasteiger partial charge >= 0.3 is 0 Å². The highest BCUT2D eigenvalue weighted by molar-refractivity contribution is 5.52. The Morgan fingerprint density at radius 1 is 0.519 bits per heavy atom. The molecule has 0 aliphatic carbocycles. The first-order valence-corrected chi connectivity index (χ1v) is 8.98. The Kier molecular flexibility index (Phi) is 7.44. The minimum atomic E-state index is 0.355. The standard InChI is InChI=1S/C20H25NO6/c21-16-5-6-19-20(15-16)27-12-10-23-8-7-22-9-11-24-17-3-1-2-4-18(17)25-13-14-26-19/h1-6,15H,7-14,21H2. The van der Waals surface area contributed by atoms with Crippen molar-refractivity contribution in [3.05, 3.63) is 42.5 Å². The predicted molar refractivity (Wildman–Crippen MR) is 101 cm³/mol. The molecule has 3 rings (SSSR count). The van der Waals surface area contributed by atoms with Crippen LogP contribution < -0.4 is 24.7 Å². The van der Waals surface area contributed by atoms with E-state index in [0.717, 1.165) is 0 Å². The third-order valence-corrected chi connectivity index (χ3v) is 3.76. The Labute approximate surface area is 158 Å². The monoisotopic (exact) mass is 375 g/mol. The summed E-state index contributed by atoms with van der Waals surface area (Å²) in [5.41, 5.74) is 6.45. The summed E-state index contributed by atoms with van der Waals surface area (Å²) in [7, 11) is 0. The summed E-state index contributed by atoms with van der Waals surface area (Å²) in [6.45, 7) is 3.46. The molecule has 0 atom stereocenters. The quantitative estimate of drug-likeness (QED) is 0.709. The highest BCUT2D eigenvalue weighted by atomic mass is 16.6. The zero-order valence-electron chi connectivity index (χ0n) is 15.2. The van der Waals surface area contributed by atoms with Crippen molar-refractivity contribution in [2.45, 2.75) is 0 Å². The lowest BCUT2D eigenvalue weighted by molar-refractivity contribution is 0.0264. The molecule has 0 bridgehead atoms. The third-order valence-electron chi connectivity index (χ3n) is 3.76. The van der Waals surface area contributed by atoms with E-state index in [9.17, 15) is 0 Å². The van der Waals surface area contributed by atoms with E-state index in [1.165, 1.54) is 0 Å². The Bertz CT molecular complexity index is 709. The molecule has 0 radical (unpaired) electrons. The Morgan fingerprint density at radius 3 is 1.56 bits per heavy atom. The van der Waals surface area contributed by atoms with Crippen molar-refractivity contribution in [2.24, 2.45) is 0 Å². The Balaban J connectivity index is 1.65. The summed E-state index contributed by atoms with van der Waals surface area (Å²) < 4.78 is 34.1. The van der Waals surface area contributed by atoms with Gasteiger partial charge < -0.3 is 34.2 Å². The molecule has 0 amide bonds. The van der Waals surface area contributed by atoms with Crippen molar-refractivity contribution < 1.29 is 28.4 Å². The molecule has 7 heteroatoms. The first kappa shape index (κ1) is 19.1. The fourth-order valence-electron chi connectivity index (χ4n) is 2.49. The second-order valence-corrected chi connectivity index (χ2v) is 5.77. The van der Waals surface area contributed by atoms with Crippen molar-refractivity contribution in [3.63, 3.8) is 0 Å². The van der Waals surface area contributed by atoms with Crippen molar-refractivity contribution in [2.75, 3.05) is 58.6 Å². The average molecular weight is 375 g/mol. The van der Waals surface area contributed by atoms with Crippen LogP contribution in [-0.4, -0.2) is 52.9 Å². The highest BCUT2D eigenvalue weighted by Gasteiger charge is 2.08. The maximum Gasteiger partial charge on any atom is 0.163 e. The molecule has 146 valence electrons. The van der Waals surface area contributed by atoms with Crippen LogP contribution in [0.5, 0.6) is 23.0 Å². The summed E-state index contributed by atoms with van der Waals surface area (Å²) >= 11 is 0. The topological polar surface area (TPSA) is 81.4 Å². The van der Waals surface area contributed by atoms with Crippen LogP contribution in [0.3, 0.4) is 0 Å². The number of nitrogen functional groups attached to an aromatic ring is 1. The van der Waals surface area contributed by atoms with Crippen molar-refractivity contribution >= 4 is 5.69 Å². The molecule has 2 aromatic carbocycles. The van der Waals surface area contributed by atoms with Crippen molar-refractivity contribution in [1.82, 2.24) is 0 Å². The van der Waals surface area contributed by atoms with Crippen LogP contribution in [0.15, 0.2) is 42.5 Å². The molecule has 0 aromatic heterocycles. The second-order valence-electron chi connectivity index (χ2n) is 5.77. The number of rotatable bonds is 0. The minimum Gasteiger partial charge on any atom is -0.487 e. The molecule has 2 aromatic rings. The average Bonchev–Trinajstić information content (AvgIpc) is 2.68. The molecule has 1 aliphatic heterocycles. The predicted octanol–water partition coefficient (Wildman–Crippen LogP) is 2.53. The zero-order chi connectivity index (χ0) is 18.7. The van der Waals surface area contributed by atoms with E-state index in [0.29, 0.717) is 81.5 Å². The van der Waals surface area contributed by atoms with Crippen LogP contribution in [0.4, 0.5) is 5.69 Å². The van der Waals surface area contributed by atoms with E-state index in [-0.39, 0.29) is 0 Å². The zero-order valence-corrected chi connectivity index (χ0v) is 15.2. The van der Waals surface area contributed by atoms with E-state index in [2.05, 4.69) is 0 Å². The summed E-state index contributed by atoms with van der Waals surface area (Å²) in [6, 6.07) is 12.8. The number of fused-ring (bicyclic) bond motifs is 2. The first-order valence-electron chi connectivity index (χ1n) is 8.98. The molecule has 0 saturated carbocycles. The molecular formula is C20H25NO6. The molecule has 0 unspecified atom stereocenters. The highest BCUT2D eigenvalue weighted by Crippen LogP contribution is 2.30. The number of nitrogens with two attached hydrogens (primary N) is 1. The van der Waals surface area contributed by atoms with E-state index in [4.69, 9.17) is 34.2 Å². The van der Waals surface area contributed by atoms with Gasteiger partial charge in [0.1, 0.15) is 26.4 Å². The SMILES string of the molecule is Nc1ccc2c(c1)OCCOCCOCCOc1ccccc1OCCO2. The molecular weight excluding hydrogens is 350 g/mol. The van der Waals surface area contributed by atoms with Gasteiger partial charge in [-0.2, -0.15) is 0 Å². The van der Waals surface area contributed by atoms with E-state index in [1.807, 2.05) is 24.3 Å². The molecule has 0 spiro atoms. The maximum atomic E-state index is 5.84. The number of hydrogen-bond acceptors (Lipinski definition) is 7. The largest absolute Gasteiger partial charge is 0.487 e. The van der Waals surface area contributed by atoms with Crippen molar-refractivity contribution in [1.29, 1.82) is 0 Å². The fourth-order valence-corrected chi connectivity index (χ4v) is 2.49. The summed E-state index contributed by atoms with van der Waals surface area (Å²) in [5.74, 6) is 2.54. The normalized spacial score (nSPS) is 16.7. The van der Waals surface area contributed by atoms with Gasteiger partial charge in [-0.3, -0.25) is 0 Å². The van der Waals surface area contributed by atoms with Gasteiger partial charge in [0.05, 0.1) is 26.4 Å². The number of benzene rings is 2. The molecule has 7 nitrogen and oxygen atoms in total. The summed E-state index contributed by atoms with van der Waals surface area (Å²) in [5, 5.41) is 0. The van der Waals surface area contributed by atoms with Gasteiger partial charge in [0, 0.05) is 11.8 Å². The smallest absolute Gasteiger partial charge is 0.163 e. The van der Waals surface area contributed by atoms with E-state index < -0.39 is 0 Å².